The zero-order valence-electron chi connectivity index (χ0n) is 20.0. The van der Waals surface area contributed by atoms with Gasteiger partial charge in [0.05, 0.1) is 20.0 Å². The molecule has 180 valence electrons. The Morgan fingerprint density at radius 1 is 1.03 bits per heavy atom. The van der Waals surface area contributed by atoms with Crippen LogP contribution in [-0.4, -0.2) is 49.4 Å². The molecule has 1 aromatic heterocycles. The van der Waals surface area contributed by atoms with Gasteiger partial charge in [-0.15, -0.1) is 0 Å². The number of nitrogens with one attached hydrogen (secondary N) is 1. The first-order valence-corrected chi connectivity index (χ1v) is 12.1. The summed E-state index contributed by atoms with van der Waals surface area (Å²) >= 11 is 7.49. The summed E-state index contributed by atoms with van der Waals surface area (Å²) < 4.78 is 10.7. The normalized spacial score (nSPS) is 10.6. The van der Waals surface area contributed by atoms with E-state index in [4.69, 9.17) is 21.1 Å². The van der Waals surface area contributed by atoms with Crippen LogP contribution in [-0.2, 0) is 11.2 Å². The molecule has 0 atom stereocenters. The lowest BCUT2D eigenvalue weighted by molar-refractivity contribution is -0.113. The number of aromatic nitrogens is 2. The van der Waals surface area contributed by atoms with Crippen molar-refractivity contribution in [2.75, 3.05) is 43.8 Å². The largest absolute Gasteiger partial charge is 0.493 e. The van der Waals surface area contributed by atoms with Gasteiger partial charge >= 0.3 is 0 Å². The summed E-state index contributed by atoms with van der Waals surface area (Å²) in [6, 6.07) is 13.4. The molecule has 0 saturated carbocycles. The van der Waals surface area contributed by atoms with Crippen LogP contribution in [0, 0.1) is 13.8 Å². The molecule has 1 amide bonds. The summed E-state index contributed by atoms with van der Waals surface area (Å²) in [7, 11) is 5.19. The summed E-state index contributed by atoms with van der Waals surface area (Å²) in [6.07, 6.45) is 0.777. The average molecular weight is 501 g/mol. The molecule has 1 N–H and O–H groups in total. The van der Waals surface area contributed by atoms with E-state index >= 15 is 0 Å². The second-order valence-corrected chi connectivity index (χ2v) is 9.16. The number of nitrogens with zero attached hydrogens (tertiary/aromatic N) is 3. The van der Waals surface area contributed by atoms with E-state index in [1.807, 2.05) is 62.2 Å². The van der Waals surface area contributed by atoms with E-state index in [9.17, 15) is 4.79 Å². The lowest BCUT2D eigenvalue weighted by Crippen LogP contribution is -2.22. The first kappa shape index (κ1) is 25.6. The van der Waals surface area contributed by atoms with Crippen molar-refractivity contribution in [2.24, 2.45) is 0 Å². The van der Waals surface area contributed by atoms with Crippen LogP contribution in [0.15, 0.2) is 47.6 Å². The summed E-state index contributed by atoms with van der Waals surface area (Å²) in [5, 5.41) is 3.70. The van der Waals surface area contributed by atoms with Crippen LogP contribution >= 0.6 is 23.4 Å². The summed E-state index contributed by atoms with van der Waals surface area (Å²) in [6.45, 7) is 4.76. The molecular formula is C25H29ClN4O3S. The molecule has 0 aliphatic carbocycles. The van der Waals surface area contributed by atoms with E-state index in [1.165, 1.54) is 17.3 Å². The number of likely N-dealkylation sites (N-methyl/N-ethyl adjacent to an activating group) is 1. The number of benzene rings is 2. The zero-order chi connectivity index (χ0) is 24.7. The van der Waals surface area contributed by atoms with E-state index in [0.717, 1.165) is 23.2 Å². The molecule has 0 aliphatic heterocycles. The first-order valence-electron chi connectivity index (χ1n) is 10.8. The fourth-order valence-electron chi connectivity index (χ4n) is 3.24. The van der Waals surface area contributed by atoms with E-state index in [-0.39, 0.29) is 11.7 Å². The number of rotatable bonds is 10. The molecule has 1 heterocycles. The topological polar surface area (TPSA) is 76.6 Å². The molecule has 0 fully saturated rings. The van der Waals surface area contributed by atoms with Gasteiger partial charge in [0.25, 0.3) is 0 Å². The Labute approximate surface area is 209 Å². The van der Waals surface area contributed by atoms with Crippen molar-refractivity contribution in [3.63, 3.8) is 0 Å². The summed E-state index contributed by atoms with van der Waals surface area (Å²) in [4.78, 5) is 23.2. The molecule has 0 saturated heterocycles. The third kappa shape index (κ3) is 7.01. The van der Waals surface area contributed by atoms with E-state index in [0.29, 0.717) is 34.2 Å². The first-order chi connectivity index (χ1) is 16.3. The Hall–Kier alpha value is -2.97. The minimum absolute atomic E-state index is 0.125. The fourth-order valence-corrected chi connectivity index (χ4v) is 4.12. The number of carbonyl (C=O) groups excluding carboxylic acids is 1. The number of methoxy groups -OCH3 is 2. The molecule has 0 unspecified atom stereocenters. The lowest BCUT2D eigenvalue weighted by atomic mass is 10.1. The fraction of sp³-hybridized carbons (Fsp3) is 0.320. The van der Waals surface area contributed by atoms with Crippen LogP contribution in [0.25, 0.3) is 0 Å². The molecule has 3 rings (SSSR count). The van der Waals surface area contributed by atoms with E-state index in [1.54, 1.807) is 20.3 Å². The number of halogens is 1. The van der Waals surface area contributed by atoms with Gasteiger partial charge in [-0.25, -0.2) is 9.97 Å². The van der Waals surface area contributed by atoms with Crippen molar-refractivity contribution in [3.8, 4) is 11.5 Å². The highest BCUT2D eigenvalue weighted by Crippen LogP contribution is 2.28. The molecule has 0 radical (unpaired) electrons. The Balaban J connectivity index is 1.59. The molecule has 9 heteroatoms. The van der Waals surface area contributed by atoms with Gasteiger partial charge in [0.15, 0.2) is 16.7 Å². The van der Waals surface area contributed by atoms with Crippen LogP contribution in [0.5, 0.6) is 11.5 Å². The molecular weight excluding hydrogens is 472 g/mol. The molecule has 0 bridgehead atoms. The third-order valence-electron chi connectivity index (χ3n) is 5.36. The Bertz CT molecular complexity index is 1160. The van der Waals surface area contributed by atoms with Crippen LogP contribution in [0.2, 0.25) is 5.15 Å². The van der Waals surface area contributed by atoms with Crippen molar-refractivity contribution in [1.29, 1.82) is 0 Å². The van der Waals surface area contributed by atoms with Gasteiger partial charge in [-0.2, -0.15) is 0 Å². The van der Waals surface area contributed by atoms with Gasteiger partial charge in [-0.1, -0.05) is 35.5 Å². The number of carbonyl (C=O) groups is 1. The van der Waals surface area contributed by atoms with Crippen LogP contribution in [0.1, 0.15) is 16.7 Å². The van der Waals surface area contributed by atoms with Crippen molar-refractivity contribution >= 4 is 40.8 Å². The molecule has 0 spiro atoms. The van der Waals surface area contributed by atoms with Gasteiger partial charge in [0.2, 0.25) is 5.91 Å². The van der Waals surface area contributed by atoms with Gasteiger partial charge in [0, 0.05) is 25.3 Å². The number of ether oxygens (including phenoxy) is 2. The van der Waals surface area contributed by atoms with Crippen LogP contribution in [0.3, 0.4) is 0 Å². The van der Waals surface area contributed by atoms with Gasteiger partial charge in [0.1, 0.15) is 11.0 Å². The Kier molecular flexibility index (Phi) is 9.01. The second-order valence-electron chi connectivity index (χ2n) is 7.83. The van der Waals surface area contributed by atoms with Crippen molar-refractivity contribution in [2.45, 2.75) is 25.4 Å². The smallest absolute Gasteiger partial charge is 0.234 e. The van der Waals surface area contributed by atoms with Gasteiger partial charge in [-0.3, -0.25) is 4.79 Å². The highest BCUT2D eigenvalue weighted by molar-refractivity contribution is 7.99. The number of hydrogen-bond donors (Lipinski definition) is 1. The molecule has 2 aromatic carbocycles. The quantitative estimate of drug-likeness (QED) is 0.233. The number of anilines is 2. The average Bonchev–Trinajstić information content (AvgIpc) is 2.83. The Morgan fingerprint density at radius 3 is 2.50 bits per heavy atom. The number of aryl methyl sites for hydroxylation is 2. The maximum atomic E-state index is 12.4. The van der Waals surface area contributed by atoms with E-state index in [2.05, 4.69) is 15.3 Å². The number of thioether (sulfide) groups is 1. The molecule has 34 heavy (non-hydrogen) atoms. The summed E-state index contributed by atoms with van der Waals surface area (Å²) in [5.74, 6) is 2.15. The number of amides is 1. The van der Waals surface area contributed by atoms with Gasteiger partial charge < -0.3 is 19.7 Å². The van der Waals surface area contributed by atoms with Crippen molar-refractivity contribution in [3.05, 3.63) is 64.3 Å². The predicted octanol–water partition coefficient (Wildman–Crippen LogP) is 5.17. The monoisotopic (exact) mass is 500 g/mol. The minimum Gasteiger partial charge on any atom is -0.493 e. The second kappa shape index (κ2) is 11.9. The highest BCUT2D eigenvalue weighted by Gasteiger charge is 2.12. The maximum absolute atomic E-state index is 12.4. The van der Waals surface area contributed by atoms with Crippen LogP contribution < -0.4 is 19.7 Å². The number of hydrogen-bond acceptors (Lipinski definition) is 7. The summed E-state index contributed by atoms with van der Waals surface area (Å²) in [5.41, 5.74) is 4.20. The molecule has 7 nitrogen and oxygen atoms in total. The lowest BCUT2D eigenvalue weighted by Gasteiger charge is -2.19. The minimum atomic E-state index is -0.125. The SMILES string of the molecule is COc1ccc(CCN(C)c2cc(Cl)nc(SCC(=O)Nc3ccc(C)c(C)c3)n2)cc1OC. The van der Waals surface area contributed by atoms with Crippen molar-refractivity contribution < 1.29 is 14.3 Å². The van der Waals surface area contributed by atoms with Gasteiger partial charge in [-0.05, 0) is 61.2 Å². The van der Waals surface area contributed by atoms with E-state index < -0.39 is 0 Å². The predicted molar refractivity (Wildman–Crippen MR) is 139 cm³/mol. The Morgan fingerprint density at radius 2 is 1.79 bits per heavy atom. The zero-order valence-corrected chi connectivity index (χ0v) is 21.6. The molecule has 3 aromatic rings. The standard InChI is InChI=1S/C25H29ClN4O3S/c1-16-6-8-19(12-17(16)2)27-24(31)15-34-25-28-22(26)14-23(29-25)30(3)11-10-18-7-9-20(32-4)21(13-18)33-5/h6-9,12-14H,10-11,15H2,1-5H3,(H,27,31). The van der Waals surface area contributed by atoms with Crippen molar-refractivity contribution in [1.82, 2.24) is 9.97 Å². The van der Waals surface area contributed by atoms with Crippen LogP contribution in [0.4, 0.5) is 11.5 Å². The maximum Gasteiger partial charge on any atom is 0.234 e. The highest BCUT2D eigenvalue weighted by atomic mass is 35.5. The molecule has 0 aliphatic rings. The third-order valence-corrected chi connectivity index (χ3v) is 6.40.